The molecule has 0 rings (SSSR count). The van der Waals surface area contributed by atoms with Gasteiger partial charge in [0.25, 0.3) is 0 Å². The van der Waals surface area contributed by atoms with Crippen molar-refractivity contribution in [1.29, 1.82) is 0 Å². The van der Waals surface area contributed by atoms with Crippen LogP contribution in [0.4, 0.5) is 0 Å². The van der Waals surface area contributed by atoms with E-state index >= 15 is 0 Å². The van der Waals surface area contributed by atoms with Crippen LogP contribution in [-0.4, -0.2) is 80.6 Å². The zero-order valence-corrected chi connectivity index (χ0v) is 40.7. The second kappa shape index (κ2) is 44.0. The number of rotatable bonds is 48. The monoisotopic (exact) mass is 853 g/mol. The number of hydrogen-bond donors (Lipinski definition) is 1. The van der Waals surface area contributed by atoms with Gasteiger partial charge in [0.05, 0.1) is 34.4 Å². The van der Waals surface area contributed by atoms with Crippen molar-refractivity contribution in [3.8, 4) is 0 Å². The Morgan fingerprint density at radius 2 is 0.733 bits per heavy atom. The van der Waals surface area contributed by atoms with Crippen molar-refractivity contribution in [2.45, 2.75) is 276 Å². The molecule has 8 heteroatoms. The van der Waals surface area contributed by atoms with Crippen LogP contribution in [0.3, 0.4) is 0 Å². The number of carbonyl (C=O) groups excluding carboxylic acids is 2. The number of nitrogens with zero attached hydrogens (tertiary/aromatic N) is 1. The second-order valence-corrected chi connectivity index (χ2v) is 19.1. The van der Waals surface area contributed by atoms with Gasteiger partial charge in [-0.1, -0.05) is 232 Å². The molecule has 2 atom stereocenters. The Balaban J connectivity index is 4.10. The number of esters is 2. The molecule has 1 N–H and O–H groups in total. The summed E-state index contributed by atoms with van der Waals surface area (Å²) in [5.74, 6) is -1.44. The van der Waals surface area contributed by atoms with E-state index in [4.69, 9.17) is 14.2 Å². The molecule has 0 saturated carbocycles. The summed E-state index contributed by atoms with van der Waals surface area (Å²) in [6.45, 7) is 4.79. The number of quaternary nitrogens is 1. The SMILES string of the molecule is CCCCCCCCCCCCCCCCCCCCCCCCCC(=O)OCC(COCCC(C(=O)O)[N+](C)(C)C)OC(=O)CCCCCCCCCCCCCCC. The number of carbonyl (C=O) groups is 3. The molecule has 0 saturated heterocycles. The fourth-order valence-electron chi connectivity index (χ4n) is 8.21. The first-order valence-electron chi connectivity index (χ1n) is 26.1. The van der Waals surface area contributed by atoms with Crippen LogP contribution in [0.2, 0.25) is 0 Å². The lowest BCUT2D eigenvalue weighted by atomic mass is 10.0. The summed E-state index contributed by atoms with van der Waals surface area (Å²) in [7, 11) is 5.55. The maximum absolute atomic E-state index is 12.7. The number of unbranched alkanes of at least 4 members (excludes halogenated alkanes) is 34. The fourth-order valence-corrected chi connectivity index (χ4v) is 8.21. The zero-order valence-electron chi connectivity index (χ0n) is 40.7. The molecular formula is C52H102NO7+. The third kappa shape index (κ3) is 41.7. The molecule has 60 heavy (non-hydrogen) atoms. The summed E-state index contributed by atoms with van der Waals surface area (Å²) in [5.41, 5.74) is 0. The van der Waals surface area contributed by atoms with Crippen LogP contribution in [0.5, 0.6) is 0 Å². The molecule has 0 aliphatic rings. The topological polar surface area (TPSA) is 99.1 Å². The largest absolute Gasteiger partial charge is 0.477 e. The van der Waals surface area contributed by atoms with Gasteiger partial charge in [-0.15, -0.1) is 0 Å². The van der Waals surface area contributed by atoms with E-state index in [9.17, 15) is 19.5 Å². The highest BCUT2D eigenvalue weighted by molar-refractivity contribution is 5.72. The van der Waals surface area contributed by atoms with Gasteiger partial charge in [0.1, 0.15) is 6.61 Å². The first-order valence-corrected chi connectivity index (χ1v) is 26.1. The molecule has 0 fully saturated rings. The van der Waals surface area contributed by atoms with Gasteiger partial charge in [-0.05, 0) is 12.8 Å². The summed E-state index contributed by atoms with van der Waals surface area (Å²) in [6.07, 6.45) is 47.3. The highest BCUT2D eigenvalue weighted by atomic mass is 16.6. The molecule has 0 aliphatic carbocycles. The lowest BCUT2D eigenvalue weighted by Gasteiger charge is -2.31. The van der Waals surface area contributed by atoms with E-state index in [0.717, 1.165) is 38.5 Å². The first kappa shape index (κ1) is 58.3. The molecule has 0 radical (unpaired) electrons. The summed E-state index contributed by atoms with van der Waals surface area (Å²) >= 11 is 0. The van der Waals surface area contributed by atoms with E-state index in [1.165, 1.54) is 193 Å². The molecule has 0 spiro atoms. The van der Waals surface area contributed by atoms with Crippen LogP contribution in [0.25, 0.3) is 0 Å². The van der Waals surface area contributed by atoms with Crippen LogP contribution < -0.4 is 0 Å². The Hall–Kier alpha value is -1.67. The van der Waals surface area contributed by atoms with Gasteiger partial charge in [-0.2, -0.15) is 0 Å². The highest BCUT2D eigenvalue weighted by Crippen LogP contribution is 2.17. The van der Waals surface area contributed by atoms with E-state index in [-0.39, 0.29) is 36.2 Å². The van der Waals surface area contributed by atoms with Crippen molar-refractivity contribution in [3.63, 3.8) is 0 Å². The molecular weight excluding hydrogens is 751 g/mol. The third-order valence-electron chi connectivity index (χ3n) is 12.3. The molecule has 0 bridgehead atoms. The van der Waals surface area contributed by atoms with E-state index in [1.54, 1.807) is 0 Å². The number of carboxylic acids is 1. The highest BCUT2D eigenvalue weighted by Gasteiger charge is 2.31. The predicted molar refractivity (Wildman–Crippen MR) is 253 cm³/mol. The Morgan fingerprint density at radius 1 is 0.433 bits per heavy atom. The maximum atomic E-state index is 12.7. The minimum atomic E-state index is -0.869. The standard InChI is InChI=1S/C52H101NO7/c1-6-8-10-12-14-16-18-20-21-22-23-24-25-26-27-28-29-31-32-34-36-38-40-42-50(54)59-47-48(46-58-45-44-49(52(56)57)53(3,4)5)60-51(55)43-41-39-37-35-33-30-19-17-15-13-11-9-7-2/h48-49H,6-47H2,1-5H3/p+1. The molecule has 0 aromatic carbocycles. The van der Waals surface area contributed by atoms with Crippen molar-refractivity contribution in [1.82, 2.24) is 0 Å². The summed E-state index contributed by atoms with van der Waals surface area (Å²) in [4.78, 5) is 37.1. The van der Waals surface area contributed by atoms with Crippen LogP contribution in [0.1, 0.15) is 264 Å². The van der Waals surface area contributed by atoms with Crippen LogP contribution in [0.15, 0.2) is 0 Å². The number of ether oxygens (including phenoxy) is 3. The van der Waals surface area contributed by atoms with Crippen LogP contribution >= 0.6 is 0 Å². The number of hydrogen-bond acceptors (Lipinski definition) is 6. The van der Waals surface area contributed by atoms with Gasteiger partial charge in [-0.3, -0.25) is 9.59 Å². The molecule has 0 aliphatic heterocycles. The van der Waals surface area contributed by atoms with Gasteiger partial charge in [0.2, 0.25) is 0 Å². The molecule has 2 unspecified atom stereocenters. The zero-order chi connectivity index (χ0) is 44.2. The van der Waals surface area contributed by atoms with E-state index in [0.29, 0.717) is 19.3 Å². The molecule has 356 valence electrons. The molecule has 8 nitrogen and oxygen atoms in total. The average Bonchev–Trinajstić information content (AvgIpc) is 3.21. The quantitative estimate of drug-likeness (QED) is 0.0370. The van der Waals surface area contributed by atoms with Crippen LogP contribution in [0, 0.1) is 0 Å². The predicted octanol–water partition coefficient (Wildman–Crippen LogP) is 14.9. The van der Waals surface area contributed by atoms with Gasteiger partial charge >= 0.3 is 17.9 Å². The van der Waals surface area contributed by atoms with E-state index in [1.807, 2.05) is 21.1 Å². The van der Waals surface area contributed by atoms with Crippen molar-refractivity contribution in [2.24, 2.45) is 0 Å². The minimum Gasteiger partial charge on any atom is -0.477 e. The van der Waals surface area contributed by atoms with Gasteiger partial charge in [0, 0.05) is 19.3 Å². The van der Waals surface area contributed by atoms with Gasteiger partial charge < -0.3 is 23.8 Å². The summed E-state index contributed by atoms with van der Waals surface area (Å²) < 4.78 is 17.4. The van der Waals surface area contributed by atoms with Gasteiger partial charge in [-0.25, -0.2) is 4.79 Å². The lowest BCUT2D eigenvalue weighted by molar-refractivity contribution is -0.887. The van der Waals surface area contributed by atoms with Gasteiger partial charge in [0.15, 0.2) is 12.1 Å². The van der Waals surface area contributed by atoms with Crippen molar-refractivity contribution < 1.29 is 38.2 Å². The average molecular weight is 853 g/mol. The molecule has 0 amide bonds. The summed E-state index contributed by atoms with van der Waals surface area (Å²) in [6, 6.07) is -0.608. The normalized spacial score (nSPS) is 12.8. The third-order valence-corrected chi connectivity index (χ3v) is 12.3. The van der Waals surface area contributed by atoms with E-state index in [2.05, 4.69) is 13.8 Å². The van der Waals surface area contributed by atoms with Crippen molar-refractivity contribution in [3.05, 3.63) is 0 Å². The second-order valence-electron chi connectivity index (χ2n) is 19.1. The molecule has 0 aromatic rings. The fraction of sp³-hybridized carbons (Fsp3) is 0.942. The molecule has 0 aromatic heterocycles. The number of carboxylic acid groups (broad SMARTS) is 1. The Labute approximate surface area is 372 Å². The maximum Gasteiger partial charge on any atom is 0.362 e. The van der Waals surface area contributed by atoms with Crippen LogP contribution in [-0.2, 0) is 28.6 Å². The smallest absolute Gasteiger partial charge is 0.362 e. The van der Waals surface area contributed by atoms with Crippen molar-refractivity contribution >= 4 is 17.9 Å². The van der Waals surface area contributed by atoms with Crippen molar-refractivity contribution in [2.75, 3.05) is 41.0 Å². The summed E-state index contributed by atoms with van der Waals surface area (Å²) in [5, 5.41) is 9.64. The number of aliphatic carboxylic acids is 1. The minimum absolute atomic E-state index is 0.0414. The Bertz CT molecular complexity index is 951. The van der Waals surface area contributed by atoms with E-state index < -0.39 is 18.1 Å². The lowest BCUT2D eigenvalue weighted by Crippen LogP contribution is -2.50. The number of likely N-dealkylation sites (N-methyl/N-ethyl adjacent to an activating group) is 1. The Kier molecular flexibility index (Phi) is 42.7. The Morgan fingerprint density at radius 3 is 1.03 bits per heavy atom. The molecule has 0 heterocycles. The first-order chi connectivity index (χ1) is 29.1.